The second kappa shape index (κ2) is 2.19. The number of hydrogen-bond donors (Lipinski definition) is 1. The van der Waals surface area contributed by atoms with Crippen molar-refractivity contribution in [2.24, 2.45) is 0 Å². The van der Waals surface area contributed by atoms with Crippen LogP contribution in [-0.2, 0) is 4.74 Å². The molecule has 3 nitrogen and oxygen atoms in total. The fraction of sp³-hybridized carbons (Fsp3) is 1.00. The average molecular weight is 144 g/mol. The molecule has 0 unspecified atom stereocenters. The van der Waals surface area contributed by atoms with Gasteiger partial charge in [-0.3, -0.25) is 0 Å². The van der Waals surface area contributed by atoms with Crippen LogP contribution in [0.1, 0.15) is 0 Å². The van der Waals surface area contributed by atoms with Crippen LogP contribution in [0.4, 0.5) is 0 Å². The van der Waals surface area contributed by atoms with Gasteiger partial charge in [-0.05, 0) is 0 Å². The lowest BCUT2D eigenvalue weighted by Crippen LogP contribution is -2.69. The molecule has 0 aromatic carbocycles. The first-order valence-electron chi connectivity index (χ1n) is 3.92. The molecule has 1 spiro atoms. The Morgan fingerprint density at radius 2 is 1.80 bits per heavy atom. The summed E-state index contributed by atoms with van der Waals surface area (Å²) in [7, 11) is 0. The molecule has 0 aromatic rings. The molecule has 2 heterocycles. The number of aliphatic hydroxyl groups is 1. The molecule has 2 fully saturated rings. The monoisotopic (exact) mass is 144 g/mol. The SMILES string of the molecule is OC1C[N+]2(CCOCC2)C1. The summed E-state index contributed by atoms with van der Waals surface area (Å²) < 4.78 is 6.35. The Kier molecular flexibility index (Phi) is 1.44. The number of ether oxygens (including phenoxy) is 1. The van der Waals surface area contributed by atoms with E-state index < -0.39 is 0 Å². The molecule has 2 saturated heterocycles. The fourth-order valence-electron chi connectivity index (χ4n) is 1.94. The van der Waals surface area contributed by atoms with Gasteiger partial charge in [0.1, 0.15) is 26.2 Å². The molecule has 2 aliphatic rings. The van der Waals surface area contributed by atoms with Crippen LogP contribution < -0.4 is 0 Å². The molecule has 0 bridgehead atoms. The Bertz CT molecular complexity index is 116. The van der Waals surface area contributed by atoms with E-state index in [4.69, 9.17) is 9.84 Å². The lowest BCUT2D eigenvalue weighted by atomic mass is 10.1. The van der Waals surface area contributed by atoms with Crippen molar-refractivity contribution in [1.82, 2.24) is 0 Å². The van der Waals surface area contributed by atoms with Crippen molar-refractivity contribution in [3.05, 3.63) is 0 Å². The van der Waals surface area contributed by atoms with Crippen LogP contribution in [0.3, 0.4) is 0 Å². The minimum Gasteiger partial charge on any atom is -0.382 e. The van der Waals surface area contributed by atoms with E-state index in [-0.39, 0.29) is 6.10 Å². The van der Waals surface area contributed by atoms with E-state index in [1.807, 2.05) is 0 Å². The fourth-order valence-corrected chi connectivity index (χ4v) is 1.94. The second-order valence-electron chi connectivity index (χ2n) is 3.42. The van der Waals surface area contributed by atoms with Crippen LogP contribution in [0.25, 0.3) is 0 Å². The lowest BCUT2D eigenvalue weighted by molar-refractivity contribution is -0.978. The minimum absolute atomic E-state index is 0.0295. The number of aliphatic hydroxyl groups excluding tert-OH is 1. The molecule has 58 valence electrons. The van der Waals surface area contributed by atoms with E-state index in [0.717, 1.165) is 43.9 Å². The molecular formula is C7H14NO2+. The Labute approximate surface area is 60.8 Å². The Balaban J connectivity index is 1.90. The molecule has 10 heavy (non-hydrogen) atoms. The van der Waals surface area contributed by atoms with Crippen molar-refractivity contribution in [1.29, 1.82) is 0 Å². The van der Waals surface area contributed by atoms with Crippen molar-refractivity contribution < 1.29 is 14.3 Å². The van der Waals surface area contributed by atoms with Crippen LogP contribution in [0, 0.1) is 0 Å². The normalized spacial score (nSPS) is 32.1. The molecule has 0 aromatic heterocycles. The van der Waals surface area contributed by atoms with Crippen molar-refractivity contribution >= 4 is 0 Å². The number of nitrogens with zero attached hydrogens (tertiary/aromatic N) is 1. The summed E-state index contributed by atoms with van der Waals surface area (Å²) in [6.45, 7) is 5.90. The van der Waals surface area contributed by atoms with Gasteiger partial charge in [-0.2, -0.15) is 0 Å². The topological polar surface area (TPSA) is 29.5 Å². The van der Waals surface area contributed by atoms with Gasteiger partial charge in [0.05, 0.1) is 13.2 Å². The van der Waals surface area contributed by atoms with E-state index in [1.165, 1.54) is 0 Å². The number of quaternary nitrogens is 1. The molecule has 2 aliphatic heterocycles. The summed E-state index contributed by atoms with van der Waals surface area (Å²) in [6.07, 6.45) is -0.0295. The predicted octanol–water partition coefficient (Wildman–Crippen LogP) is -0.792. The molecular weight excluding hydrogens is 130 g/mol. The van der Waals surface area contributed by atoms with Crippen LogP contribution >= 0.6 is 0 Å². The third kappa shape index (κ3) is 0.944. The molecule has 1 N–H and O–H groups in total. The Hall–Kier alpha value is -0.120. The summed E-state index contributed by atoms with van der Waals surface area (Å²) in [5.41, 5.74) is 0. The van der Waals surface area contributed by atoms with Crippen LogP contribution in [0.5, 0.6) is 0 Å². The highest BCUT2D eigenvalue weighted by Crippen LogP contribution is 2.21. The van der Waals surface area contributed by atoms with Crippen molar-refractivity contribution in [3.63, 3.8) is 0 Å². The summed E-state index contributed by atoms with van der Waals surface area (Å²) in [5.74, 6) is 0. The highest BCUT2D eigenvalue weighted by Gasteiger charge is 2.43. The zero-order valence-electron chi connectivity index (χ0n) is 6.12. The quantitative estimate of drug-likeness (QED) is 0.451. The van der Waals surface area contributed by atoms with Gasteiger partial charge in [0.25, 0.3) is 0 Å². The lowest BCUT2D eigenvalue weighted by Gasteiger charge is -2.50. The third-order valence-electron chi connectivity index (χ3n) is 2.62. The third-order valence-corrected chi connectivity index (χ3v) is 2.62. The zero-order valence-corrected chi connectivity index (χ0v) is 6.12. The summed E-state index contributed by atoms with van der Waals surface area (Å²) >= 11 is 0. The maximum Gasteiger partial charge on any atom is 0.152 e. The van der Waals surface area contributed by atoms with Gasteiger partial charge in [0.2, 0.25) is 0 Å². The van der Waals surface area contributed by atoms with Crippen LogP contribution in [-0.4, -0.2) is 55.1 Å². The zero-order chi connectivity index (χ0) is 7.03. The highest BCUT2D eigenvalue weighted by atomic mass is 16.5. The van der Waals surface area contributed by atoms with E-state index in [1.54, 1.807) is 0 Å². The number of morpholine rings is 1. The maximum absolute atomic E-state index is 9.11. The van der Waals surface area contributed by atoms with Gasteiger partial charge in [0, 0.05) is 0 Å². The van der Waals surface area contributed by atoms with Crippen LogP contribution in [0.2, 0.25) is 0 Å². The van der Waals surface area contributed by atoms with E-state index in [9.17, 15) is 0 Å². The first kappa shape index (κ1) is 6.58. The predicted molar refractivity (Wildman–Crippen MR) is 36.6 cm³/mol. The van der Waals surface area contributed by atoms with Gasteiger partial charge in [-0.1, -0.05) is 0 Å². The molecule has 2 rings (SSSR count). The molecule has 0 radical (unpaired) electrons. The van der Waals surface area contributed by atoms with E-state index in [0.29, 0.717) is 0 Å². The second-order valence-corrected chi connectivity index (χ2v) is 3.42. The van der Waals surface area contributed by atoms with Gasteiger partial charge in [-0.15, -0.1) is 0 Å². The number of rotatable bonds is 0. The number of hydrogen-bond acceptors (Lipinski definition) is 2. The van der Waals surface area contributed by atoms with Gasteiger partial charge in [-0.25, -0.2) is 0 Å². The van der Waals surface area contributed by atoms with E-state index >= 15 is 0 Å². The molecule has 0 aliphatic carbocycles. The average Bonchev–Trinajstić information content (AvgIpc) is 1.87. The summed E-state index contributed by atoms with van der Waals surface area (Å²) in [4.78, 5) is 0. The molecule has 3 heteroatoms. The standard InChI is InChI=1S/C7H14NO2/c9-7-5-8(6-7)1-3-10-4-2-8/h7,9H,1-6H2/q+1. The molecule has 0 saturated carbocycles. The van der Waals surface area contributed by atoms with Crippen LogP contribution in [0.15, 0.2) is 0 Å². The van der Waals surface area contributed by atoms with Gasteiger partial charge in [0.15, 0.2) is 6.10 Å². The van der Waals surface area contributed by atoms with E-state index in [2.05, 4.69) is 0 Å². The van der Waals surface area contributed by atoms with Crippen molar-refractivity contribution in [2.45, 2.75) is 6.10 Å². The van der Waals surface area contributed by atoms with Crippen molar-refractivity contribution in [3.8, 4) is 0 Å². The first-order chi connectivity index (χ1) is 4.81. The first-order valence-corrected chi connectivity index (χ1v) is 3.92. The maximum atomic E-state index is 9.11. The van der Waals surface area contributed by atoms with Gasteiger partial charge >= 0.3 is 0 Å². The van der Waals surface area contributed by atoms with Crippen molar-refractivity contribution in [2.75, 3.05) is 39.4 Å². The summed E-state index contributed by atoms with van der Waals surface area (Å²) in [5, 5.41) is 9.11. The molecule has 0 amide bonds. The summed E-state index contributed by atoms with van der Waals surface area (Å²) in [6, 6.07) is 0. The smallest absolute Gasteiger partial charge is 0.152 e. The Morgan fingerprint density at radius 1 is 1.20 bits per heavy atom. The molecule has 0 atom stereocenters. The Morgan fingerprint density at radius 3 is 2.30 bits per heavy atom. The largest absolute Gasteiger partial charge is 0.382 e. The van der Waals surface area contributed by atoms with Gasteiger partial charge < -0.3 is 14.3 Å². The minimum atomic E-state index is -0.0295. The highest BCUT2D eigenvalue weighted by molar-refractivity contribution is 4.68.